The molecule has 0 aromatic carbocycles. The van der Waals surface area contributed by atoms with Crippen molar-refractivity contribution in [2.45, 2.75) is 45.1 Å². The molecule has 0 bridgehead atoms. The number of piperidine rings is 1. The minimum Gasteiger partial charge on any atom is -0.335 e. The average molecular weight is 276 g/mol. The maximum Gasteiger partial charge on any atom is 0.254 e. The van der Waals surface area contributed by atoms with Gasteiger partial charge in [0, 0.05) is 30.4 Å². The van der Waals surface area contributed by atoms with E-state index in [1.807, 2.05) is 4.90 Å². The maximum atomic E-state index is 13.2. The van der Waals surface area contributed by atoms with E-state index in [1.54, 1.807) is 6.07 Å². The quantitative estimate of drug-likeness (QED) is 0.738. The highest BCUT2D eigenvalue weighted by molar-refractivity contribution is 5.94. The minimum absolute atomic E-state index is 0.0323. The molecule has 2 heterocycles. The molecule has 0 spiro atoms. The molecule has 20 heavy (non-hydrogen) atoms. The summed E-state index contributed by atoms with van der Waals surface area (Å²) in [7, 11) is 0. The Balaban J connectivity index is 1.83. The van der Waals surface area contributed by atoms with Crippen LogP contribution in [0, 0.1) is 17.8 Å². The van der Waals surface area contributed by atoms with Crippen molar-refractivity contribution in [3.05, 3.63) is 29.8 Å². The van der Waals surface area contributed by atoms with Crippen LogP contribution in [-0.2, 0) is 0 Å². The van der Waals surface area contributed by atoms with Crippen molar-refractivity contribution in [1.82, 2.24) is 9.88 Å². The fourth-order valence-corrected chi connectivity index (χ4v) is 3.87. The summed E-state index contributed by atoms with van der Waals surface area (Å²) < 4.78 is 13.2. The number of pyridine rings is 1. The Kier molecular flexibility index (Phi) is 3.72. The molecule has 1 aliphatic carbocycles. The molecule has 0 radical (unpaired) electrons. The zero-order valence-corrected chi connectivity index (χ0v) is 11.9. The van der Waals surface area contributed by atoms with Crippen molar-refractivity contribution >= 4 is 5.91 Å². The van der Waals surface area contributed by atoms with Crippen molar-refractivity contribution in [2.75, 3.05) is 6.54 Å². The highest BCUT2D eigenvalue weighted by Gasteiger charge is 2.39. The van der Waals surface area contributed by atoms with Gasteiger partial charge in [0.2, 0.25) is 5.95 Å². The van der Waals surface area contributed by atoms with Crippen LogP contribution in [0.3, 0.4) is 0 Å². The molecule has 3 nitrogen and oxygen atoms in total. The third-order valence-corrected chi connectivity index (χ3v) is 4.97. The largest absolute Gasteiger partial charge is 0.335 e. The van der Waals surface area contributed by atoms with E-state index >= 15 is 0 Å². The van der Waals surface area contributed by atoms with Crippen molar-refractivity contribution in [3.63, 3.8) is 0 Å². The highest BCUT2D eigenvalue weighted by atomic mass is 19.1. The van der Waals surface area contributed by atoms with E-state index in [1.165, 1.54) is 31.5 Å². The zero-order valence-electron chi connectivity index (χ0n) is 11.9. The Labute approximate surface area is 119 Å². The fraction of sp³-hybridized carbons (Fsp3) is 0.625. The van der Waals surface area contributed by atoms with E-state index in [0.29, 0.717) is 23.4 Å². The van der Waals surface area contributed by atoms with Gasteiger partial charge in [-0.2, -0.15) is 4.39 Å². The Bertz CT molecular complexity index is 505. The van der Waals surface area contributed by atoms with Gasteiger partial charge in [-0.15, -0.1) is 0 Å². The molecule has 1 saturated heterocycles. The second kappa shape index (κ2) is 5.51. The summed E-state index contributed by atoms with van der Waals surface area (Å²) in [5, 5.41) is 0. The van der Waals surface area contributed by atoms with Crippen molar-refractivity contribution in [1.29, 1.82) is 0 Å². The molecule has 2 aliphatic rings. The lowest BCUT2D eigenvalue weighted by molar-refractivity contribution is 0.0217. The molecule has 1 aromatic rings. The van der Waals surface area contributed by atoms with E-state index in [0.717, 1.165) is 19.4 Å². The van der Waals surface area contributed by atoms with E-state index < -0.39 is 5.95 Å². The van der Waals surface area contributed by atoms with Crippen LogP contribution in [-0.4, -0.2) is 28.4 Å². The van der Waals surface area contributed by atoms with Crippen LogP contribution in [0.25, 0.3) is 0 Å². The molecule has 1 aliphatic heterocycles. The molecule has 1 amide bonds. The molecule has 1 aromatic heterocycles. The Hall–Kier alpha value is -1.45. The molecule has 0 N–H and O–H groups in total. The molecule has 3 atom stereocenters. The number of hydrogen-bond acceptors (Lipinski definition) is 2. The van der Waals surface area contributed by atoms with Crippen molar-refractivity contribution in [2.24, 2.45) is 11.8 Å². The molecule has 1 saturated carbocycles. The Morgan fingerprint density at radius 1 is 1.35 bits per heavy atom. The van der Waals surface area contributed by atoms with Crippen LogP contribution in [0.5, 0.6) is 0 Å². The third kappa shape index (κ3) is 2.43. The molecular formula is C16H21FN2O. The van der Waals surface area contributed by atoms with Gasteiger partial charge in [-0.3, -0.25) is 4.79 Å². The van der Waals surface area contributed by atoms with Gasteiger partial charge < -0.3 is 4.90 Å². The topological polar surface area (TPSA) is 33.2 Å². The van der Waals surface area contributed by atoms with E-state index in [2.05, 4.69) is 11.9 Å². The first kappa shape index (κ1) is 13.5. The lowest BCUT2D eigenvalue weighted by Crippen LogP contribution is -2.52. The summed E-state index contributed by atoms with van der Waals surface area (Å²) in [6.45, 7) is 3.10. The van der Waals surface area contributed by atoms with E-state index in [-0.39, 0.29) is 5.91 Å². The number of carbonyl (C=O) groups is 1. The van der Waals surface area contributed by atoms with Crippen LogP contribution in [0.2, 0.25) is 0 Å². The van der Waals surface area contributed by atoms with Gasteiger partial charge in [-0.1, -0.05) is 19.8 Å². The number of fused-ring (bicyclic) bond motifs is 1. The van der Waals surface area contributed by atoms with Crippen LogP contribution in [0.15, 0.2) is 18.3 Å². The molecule has 3 unspecified atom stereocenters. The van der Waals surface area contributed by atoms with Gasteiger partial charge >= 0.3 is 0 Å². The summed E-state index contributed by atoms with van der Waals surface area (Å²) in [5.74, 6) is 0.697. The normalized spacial score (nSPS) is 29.9. The van der Waals surface area contributed by atoms with Gasteiger partial charge in [-0.05, 0) is 37.2 Å². The number of aromatic nitrogens is 1. The number of likely N-dealkylation sites (tertiary alicyclic amines) is 1. The van der Waals surface area contributed by atoms with E-state index in [4.69, 9.17) is 0 Å². The average Bonchev–Trinajstić information content (AvgIpc) is 2.47. The Morgan fingerprint density at radius 3 is 2.95 bits per heavy atom. The van der Waals surface area contributed by atoms with Crippen molar-refractivity contribution in [3.8, 4) is 0 Å². The summed E-state index contributed by atoms with van der Waals surface area (Å²) in [5.41, 5.74) is 0.427. The third-order valence-electron chi connectivity index (χ3n) is 4.97. The van der Waals surface area contributed by atoms with Gasteiger partial charge in [0.15, 0.2) is 0 Å². The standard InChI is InChI=1S/C16H21FN2O/c1-11-7-9-19(14-5-3-2-4-13(11)14)16(20)12-6-8-18-15(17)10-12/h6,8,10-11,13-14H,2-5,7,9H2,1H3. The minimum atomic E-state index is -0.582. The number of hydrogen-bond donors (Lipinski definition) is 0. The highest BCUT2D eigenvalue weighted by Crippen LogP contribution is 2.39. The van der Waals surface area contributed by atoms with Gasteiger partial charge in [-0.25, -0.2) is 4.98 Å². The maximum absolute atomic E-state index is 13.2. The molecule has 108 valence electrons. The first-order valence-corrected chi connectivity index (χ1v) is 7.59. The van der Waals surface area contributed by atoms with Crippen molar-refractivity contribution < 1.29 is 9.18 Å². The number of carbonyl (C=O) groups excluding carboxylic acids is 1. The first-order valence-electron chi connectivity index (χ1n) is 7.59. The summed E-state index contributed by atoms with van der Waals surface area (Å²) in [6.07, 6.45) is 7.21. The smallest absolute Gasteiger partial charge is 0.254 e. The molecule has 2 fully saturated rings. The summed E-state index contributed by atoms with van der Waals surface area (Å²) >= 11 is 0. The Morgan fingerprint density at radius 2 is 2.15 bits per heavy atom. The lowest BCUT2D eigenvalue weighted by atomic mass is 9.72. The molecule has 4 heteroatoms. The van der Waals surface area contributed by atoms with Crippen LogP contribution in [0.4, 0.5) is 4.39 Å². The molecular weight excluding hydrogens is 255 g/mol. The van der Waals surface area contributed by atoms with Gasteiger partial charge in [0.25, 0.3) is 5.91 Å². The monoisotopic (exact) mass is 276 g/mol. The summed E-state index contributed by atoms with van der Waals surface area (Å²) in [4.78, 5) is 18.2. The van der Waals surface area contributed by atoms with Gasteiger partial charge in [0.1, 0.15) is 0 Å². The van der Waals surface area contributed by atoms with E-state index in [9.17, 15) is 9.18 Å². The number of rotatable bonds is 1. The second-order valence-corrected chi connectivity index (χ2v) is 6.15. The summed E-state index contributed by atoms with van der Waals surface area (Å²) in [6, 6.07) is 3.20. The predicted molar refractivity (Wildman–Crippen MR) is 74.8 cm³/mol. The second-order valence-electron chi connectivity index (χ2n) is 6.15. The van der Waals surface area contributed by atoms with Crippen LogP contribution >= 0.6 is 0 Å². The SMILES string of the molecule is CC1CCN(C(=O)c2ccnc(F)c2)C2CCCCC12. The van der Waals surface area contributed by atoms with Crippen LogP contribution in [0.1, 0.15) is 49.4 Å². The first-order chi connectivity index (χ1) is 9.66. The lowest BCUT2D eigenvalue weighted by Gasteiger charge is -2.47. The zero-order chi connectivity index (χ0) is 14.1. The van der Waals surface area contributed by atoms with Gasteiger partial charge in [0.05, 0.1) is 0 Å². The number of halogens is 1. The number of amides is 1. The number of nitrogens with zero attached hydrogens (tertiary/aromatic N) is 2. The van der Waals surface area contributed by atoms with Crippen LogP contribution < -0.4 is 0 Å². The predicted octanol–water partition coefficient (Wildman–Crippen LogP) is 3.26. The molecule has 3 rings (SSSR count). The fourth-order valence-electron chi connectivity index (χ4n) is 3.87.